The summed E-state index contributed by atoms with van der Waals surface area (Å²) in [7, 11) is 0. The van der Waals surface area contributed by atoms with E-state index in [1.54, 1.807) is 6.20 Å². The fourth-order valence-corrected chi connectivity index (χ4v) is 6.16. The molecule has 3 aromatic heterocycles. The van der Waals surface area contributed by atoms with Crippen LogP contribution in [-0.4, -0.2) is 40.1 Å². The first-order valence-corrected chi connectivity index (χ1v) is 12.5. The van der Waals surface area contributed by atoms with Crippen LogP contribution in [0.4, 0.5) is 19.7 Å². The number of rotatable bonds is 4. The molecule has 0 amide bonds. The average Bonchev–Trinajstić information content (AvgIpc) is 3.59. The van der Waals surface area contributed by atoms with Crippen molar-refractivity contribution < 1.29 is 13.5 Å². The Morgan fingerprint density at radius 2 is 2.06 bits per heavy atom. The zero-order chi connectivity index (χ0) is 25.1. The molecule has 1 aromatic carbocycles. The molecule has 2 aliphatic rings. The van der Waals surface area contributed by atoms with E-state index in [1.165, 1.54) is 0 Å². The molecule has 184 valence electrons. The molecular formula is C25H23F2N7OS. The largest absolute Gasteiger partial charge is 0.389 e. The lowest BCUT2D eigenvalue weighted by Crippen LogP contribution is -2.37. The van der Waals surface area contributed by atoms with Crippen LogP contribution in [-0.2, 0) is 18.0 Å². The lowest BCUT2D eigenvalue weighted by Gasteiger charge is -2.19. The number of pyridine rings is 1. The third kappa shape index (κ3) is 3.48. The molecule has 0 saturated carbocycles. The smallest absolute Gasteiger partial charge is 0.226 e. The van der Waals surface area contributed by atoms with Crippen LogP contribution in [0.1, 0.15) is 37.0 Å². The highest BCUT2D eigenvalue weighted by molar-refractivity contribution is 7.23. The molecule has 2 aliphatic heterocycles. The number of hydrogen-bond acceptors (Lipinski definition) is 9. The summed E-state index contributed by atoms with van der Waals surface area (Å²) in [6.07, 6.45) is 3.63. The number of aromatic nitrogens is 3. The van der Waals surface area contributed by atoms with Crippen LogP contribution in [0.15, 0.2) is 12.4 Å². The second-order valence-electron chi connectivity index (χ2n) is 9.44. The summed E-state index contributed by atoms with van der Waals surface area (Å²) < 4.78 is 36.8. The standard InChI is InChI=1S/C25H23F2N7OS/c1-11(2)32-12-3-4-34(8-12)25-31-6-14-15-9-35-10-16(15)18(20(27)21(14)33-25)22-19-13(5-28)24(29)36-23(19)17(26)7-30-22/h6-7,11-12,32H,3-4,8-10,29H2,1-2H3. The van der Waals surface area contributed by atoms with Gasteiger partial charge in [0.2, 0.25) is 5.95 Å². The molecule has 11 heteroatoms. The van der Waals surface area contributed by atoms with E-state index in [1.807, 2.05) is 11.0 Å². The van der Waals surface area contributed by atoms with Crippen molar-refractivity contribution in [2.24, 2.45) is 0 Å². The van der Waals surface area contributed by atoms with Gasteiger partial charge in [0.1, 0.15) is 16.6 Å². The lowest BCUT2D eigenvalue weighted by molar-refractivity contribution is 0.135. The van der Waals surface area contributed by atoms with Gasteiger partial charge in [0.05, 0.1) is 35.4 Å². The number of nitrogens with one attached hydrogen (secondary N) is 1. The third-order valence-electron chi connectivity index (χ3n) is 6.77. The summed E-state index contributed by atoms with van der Waals surface area (Å²) in [4.78, 5) is 15.5. The number of halogens is 2. The van der Waals surface area contributed by atoms with E-state index >= 15 is 4.39 Å². The number of nitriles is 1. The predicted octanol–water partition coefficient (Wildman–Crippen LogP) is 4.25. The second-order valence-corrected chi connectivity index (χ2v) is 10.5. The number of hydrogen-bond donors (Lipinski definition) is 2. The highest BCUT2D eigenvalue weighted by Gasteiger charge is 2.31. The summed E-state index contributed by atoms with van der Waals surface area (Å²) in [6, 6.07) is 2.70. The topological polar surface area (TPSA) is 113 Å². The van der Waals surface area contributed by atoms with Gasteiger partial charge in [-0.2, -0.15) is 5.26 Å². The number of thiophene rings is 1. The van der Waals surface area contributed by atoms with Gasteiger partial charge in [0.25, 0.3) is 0 Å². The summed E-state index contributed by atoms with van der Waals surface area (Å²) in [5.74, 6) is -0.749. The number of nitrogens with zero attached hydrogens (tertiary/aromatic N) is 5. The highest BCUT2D eigenvalue weighted by Crippen LogP contribution is 2.45. The Hall–Kier alpha value is -3.46. The molecule has 6 rings (SSSR count). The van der Waals surface area contributed by atoms with E-state index in [9.17, 15) is 9.65 Å². The minimum atomic E-state index is -0.607. The maximum atomic E-state index is 16.4. The van der Waals surface area contributed by atoms with Crippen molar-refractivity contribution in [3.8, 4) is 17.3 Å². The van der Waals surface area contributed by atoms with Crippen LogP contribution in [0.5, 0.6) is 0 Å². The Morgan fingerprint density at radius 3 is 2.83 bits per heavy atom. The van der Waals surface area contributed by atoms with Crippen molar-refractivity contribution in [2.75, 3.05) is 23.7 Å². The van der Waals surface area contributed by atoms with Gasteiger partial charge in [-0.05, 0) is 17.5 Å². The number of anilines is 2. The lowest BCUT2D eigenvalue weighted by atomic mass is 9.94. The number of nitrogen functional groups attached to an aromatic ring is 1. The summed E-state index contributed by atoms with van der Waals surface area (Å²) in [5, 5.41) is 14.2. The maximum Gasteiger partial charge on any atom is 0.226 e. The van der Waals surface area contributed by atoms with Gasteiger partial charge in [0, 0.05) is 47.7 Å². The minimum absolute atomic E-state index is 0.0910. The van der Waals surface area contributed by atoms with E-state index in [0.717, 1.165) is 42.6 Å². The number of fused-ring (bicyclic) bond motifs is 4. The van der Waals surface area contributed by atoms with Crippen molar-refractivity contribution in [1.82, 2.24) is 20.3 Å². The third-order valence-corrected chi connectivity index (χ3v) is 7.80. The molecule has 36 heavy (non-hydrogen) atoms. The Morgan fingerprint density at radius 1 is 1.25 bits per heavy atom. The molecule has 0 spiro atoms. The van der Waals surface area contributed by atoms with Crippen molar-refractivity contribution >= 4 is 43.3 Å². The molecule has 5 heterocycles. The predicted molar refractivity (Wildman–Crippen MR) is 135 cm³/mol. The molecule has 4 aromatic rings. The van der Waals surface area contributed by atoms with Crippen LogP contribution in [0.25, 0.3) is 32.2 Å². The van der Waals surface area contributed by atoms with Gasteiger partial charge < -0.3 is 20.7 Å². The normalized spacial score (nSPS) is 17.4. The molecule has 0 radical (unpaired) electrons. The second kappa shape index (κ2) is 8.58. The van der Waals surface area contributed by atoms with Crippen LogP contribution in [0, 0.1) is 23.0 Å². The Labute approximate surface area is 209 Å². The quantitative estimate of drug-likeness (QED) is 0.422. The molecule has 0 aliphatic carbocycles. The van der Waals surface area contributed by atoms with Crippen LogP contribution >= 0.6 is 11.3 Å². The van der Waals surface area contributed by atoms with E-state index in [4.69, 9.17) is 10.5 Å². The van der Waals surface area contributed by atoms with Gasteiger partial charge in [-0.1, -0.05) is 13.8 Å². The molecule has 1 unspecified atom stereocenters. The molecule has 3 N–H and O–H groups in total. The van der Waals surface area contributed by atoms with Gasteiger partial charge in [-0.3, -0.25) is 4.98 Å². The Bertz CT molecular complexity index is 1580. The number of ether oxygens (including phenoxy) is 1. The van der Waals surface area contributed by atoms with Crippen LogP contribution < -0.4 is 16.0 Å². The van der Waals surface area contributed by atoms with Gasteiger partial charge in [-0.15, -0.1) is 11.3 Å². The van der Waals surface area contributed by atoms with E-state index in [-0.39, 0.29) is 50.6 Å². The summed E-state index contributed by atoms with van der Waals surface area (Å²) >= 11 is 0.953. The monoisotopic (exact) mass is 507 g/mol. The Balaban J connectivity index is 1.56. The number of benzene rings is 1. The first-order valence-electron chi connectivity index (χ1n) is 11.7. The van der Waals surface area contributed by atoms with Gasteiger partial charge in [0.15, 0.2) is 11.6 Å². The fourth-order valence-electron chi connectivity index (χ4n) is 5.24. The van der Waals surface area contributed by atoms with Crippen LogP contribution in [0.3, 0.4) is 0 Å². The van der Waals surface area contributed by atoms with Crippen LogP contribution in [0.2, 0.25) is 0 Å². The van der Waals surface area contributed by atoms with Crippen molar-refractivity contribution in [1.29, 1.82) is 5.26 Å². The number of nitrogens with two attached hydrogens (primary N) is 1. The van der Waals surface area contributed by atoms with E-state index in [0.29, 0.717) is 29.0 Å². The van der Waals surface area contributed by atoms with Crippen molar-refractivity contribution in [3.63, 3.8) is 0 Å². The highest BCUT2D eigenvalue weighted by atomic mass is 32.1. The summed E-state index contributed by atoms with van der Waals surface area (Å²) in [6.45, 7) is 6.13. The zero-order valence-electron chi connectivity index (χ0n) is 19.7. The molecule has 1 fully saturated rings. The van der Waals surface area contributed by atoms with Gasteiger partial charge in [-0.25, -0.2) is 18.7 Å². The van der Waals surface area contributed by atoms with E-state index < -0.39 is 11.6 Å². The minimum Gasteiger partial charge on any atom is -0.389 e. The molecule has 1 atom stereocenters. The van der Waals surface area contributed by atoms with Crippen molar-refractivity contribution in [3.05, 3.63) is 40.7 Å². The Kier molecular flexibility index (Phi) is 5.48. The first kappa shape index (κ1) is 23.0. The fraction of sp³-hybridized carbons (Fsp3) is 0.360. The van der Waals surface area contributed by atoms with Gasteiger partial charge >= 0.3 is 0 Å². The van der Waals surface area contributed by atoms with Crippen molar-refractivity contribution in [2.45, 2.75) is 45.6 Å². The zero-order valence-corrected chi connectivity index (χ0v) is 20.5. The van der Waals surface area contributed by atoms with E-state index in [2.05, 4.69) is 34.1 Å². The molecule has 0 bridgehead atoms. The first-order chi connectivity index (χ1) is 17.4. The SMILES string of the molecule is CC(C)NC1CCN(c2ncc3c4c(c(-c5ncc(F)c6sc(N)c(C#N)c56)c(F)c3n2)COC4)C1. The molecular weight excluding hydrogens is 484 g/mol. The molecule has 8 nitrogen and oxygen atoms in total. The average molecular weight is 508 g/mol. The summed E-state index contributed by atoms with van der Waals surface area (Å²) in [5.41, 5.74) is 7.96. The molecule has 1 saturated heterocycles. The maximum absolute atomic E-state index is 16.4.